The van der Waals surface area contributed by atoms with Crippen molar-refractivity contribution in [1.82, 2.24) is 14.8 Å². The monoisotopic (exact) mass is 465 g/mol. The lowest BCUT2D eigenvalue weighted by atomic mass is 9.88. The number of ether oxygens (including phenoxy) is 1. The average Bonchev–Trinajstić information content (AvgIpc) is 2.76. The predicted molar refractivity (Wildman–Crippen MR) is 128 cm³/mol. The number of carbonyl (C=O) groups is 1. The van der Waals surface area contributed by atoms with Crippen molar-refractivity contribution in [2.75, 3.05) is 32.7 Å². The van der Waals surface area contributed by atoms with Gasteiger partial charge in [-0.2, -0.15) is 0 Å². The molecule has 1 spiro atoms. The van der Waals surface area contributed by atoms with Crippen LogP contribution in [-0.2, 0) is 22.4 Å². The Hall–Kier alpha value is -1.66. The maximum absolute atomic E-state index is 12.7. The van der Waals surface area contributed by atoms with E-state index in [9.17, 15) is 4.79 Å². The fourth-order valence-corrected chi connectivity index (χ4v) is 4.54. The van der Waals surface area contributed by atoms with Crippen LogP contribution in [0.4, 0.5) is 0 Å². The number of hydrogen-bond acceptors (Lipinski definition) is 4. The first-order valence-corrected chi connectivity index (χ1v) is 10.8. The van der Waals surface area contributed by atoms with Gasteiger partial charge in [0.15, 0.2) is 0 Å². The van der Waals surface area contributed by atoms with Crippen molar-refractivity contribution in [1.29, 1.82) is 0 Å². The third-order valence-corrected chi connectivity index (χ3v) is 6.29. The Labute approximate surface area is 198 Å². The largest absolute Gasteiger partial charge is 0.360 e. The fourth-order valence-electron chi connectivity index (χ4n) is 4.54. The minimum Gasteiger partial charge on any atom is -0.360 e. The number of benzene rings is 1. The van der Waals surface area contributed by atoms with Crippen molar-refractivity contribution in [3.8, 4) is 0 Å². The molecular formula is C24H33Cl2N3O2. The molecule has 5 nitrogen and oxygen atoms in total. The molecule has 0 N–H and O–H groups in total. The predicted octanol–water partition coefficient (Wildman–Crippen LogP) is 3.79. The van der Waals surface area contributed by atoms with Crippen LogP contribution in [0.25, 0.3) is 0 Å². The summed E-state index contributed by atoms with van der Waals surface area (Å²) in [5.41, 5.74) is 2.37. The molecule has 1 aromatic heterocycles. The molecule has 0 bridgehead atoms. The van der Waals surface area contributed by atoms with Gasteiger partial charge in [0.1, 0.15) is 6.10 Å². The number of rotatable bonds is 6. The Morgan fingerprint density at radius 2 is 1.68 bits per heavy atom. The van der Waals surface area contributed by atoms with E-state index in [2.05, 4.69) is 46.3 Å². The molecule has 0 aliphatic carbocycles. The molecule has 1 unspecified atom stereocenters. The molecule has 2 aromatic rings. The molecule has 31 heavy (non-hydrogen) atoms. The van der Waals surface area contributed by atoms with Gasteiger partial charge in [-0.3, -0.25) is 9.78 Å². The smallest absolute Gasteiger partial charge is 0.251 e. The Kier molecular flexibility index (Phi) is 9.76. The summed E-state index contributed by atoms with van der Waals surface area (Å²) in [7, 11) is 0. The van der Waals surface area contributed by atoms with E-state index in [1.807, 2.05) is 24.1 Å². The van der Waals surface area contributed by atoms with Gasteiger partial charge in [-0.1, -0.05) is 36.4 Å². The van der Waals surface area contributed by atoms with Crippen LogP contribution in [0.2, 0.25) is 0 Å². The second kappa shape index (κ2) is 11.8. The van der Waals surface area contributed by atoms with Crippen LogP contribution in [0.15, 0.2) is 54.9 Å². The van der Waals surface area contributed by atoms with Crippen molar-refractivity contribution in [3.63, 3.8) is 0 Å². The molecule has 3 heterocycles. The first-order chi connectivity index (χ1) is 14.1. The van der Waals surface area contributed by atoms with Gasteiger partial charge in [0.25, 0.3) is 5.91 Å². The Bertz CT molecular complexity index is 799. The molecular weight excluding hydrogens is 433 g/mol. The highest BCUT2D eigenvalue weighted by Crippen LogP contribution is 2.33. The van der Waals surface area contributed by atoms with Crippen LogP contribution in [0.3, 0.4) is 0 Å². The van der Waals surface area contributed by atoms with E-state index in [0.29, 0.717) is 6.54 Å². The molecule has 0 saturated carbocycles. The van der Waals surface area contributed by atoms with E-state index < -0.39 is 0 Å². The molecule has 7 heteroatoms. The highest BCUT2D eigenvalue weighted by atomic mass is 35.5. The molecule has 2 saturated heterocycles. The minimum atomic E-state index is -0.353. The van der Waals surface area contributed by atoms with Crippen LogP contribution < -0.4 is 0 Å². The van der Waals surface area contributed by atoms with Crippen LogP contribution >= 0.6 is 24.8 Å². The first kappa shape index (κ1) is 25.6. The summed E-state index contributed by atoms with van der Waals surface area (Å²) < 4.78 is 6.29. The normalized spacial score (nSPS) is 20.7. The van der Waals surface area contributed by atoms with Gasteiger partial charge < -0.3 is 14.5 Å². The molecule has 170 valence electrons. The number of morpholine rings is 1. The molecule has 1 aromatic carbocycles. The third-order valence-electron chi connectivity index (χ3n) is 6.29. The van der Waals surface area contributed by atoms with Crippen LogP contribution in [0, 0.1) is 0 Å². The summed E-state index contributed by atoms with van der Waals surface area (Å²) >= 11 is 0. The van der Waals surface area contributed by atoms with Crippen molar-refractivity contribution < 1.29 is 9.53 Å². The number of hydrogen-bond donors (Lipinski definition) is 0. The van der Waals surface area contributed by atoms with Crippen molar-refractivity contribution >= 4 is 30.7 Å². The van der Waals surface area contributed by atoms with Gasteiger partial charge in [-0.15, -0.1) is 24.8 Å². The number of piperidine rings is 1. The lowest BCUT2D eigenvalue weighted by molar-refractivity contribution is -0.189. The van der Waals surface area contributed by atoms with Gasteiger partial charge in [-0.05, 0) is 49.8 Å². The van der Waals surface area contributed by atoms with Crippen LogP contribution in [0.5, 0.6) is 0 Å². The average molecular weight is 466 g/mol. The molecule has 1 amide bonds. The van der Waals surface area contributed by atoms with Gasteiger partial charge >= 0.3 is 0 Å². The summed E-state index contributed by atoms with van der Waals surface area (Å²) in [5, 5.41) is 0. The first-order valence-electron chi connectivity index (χ1n) is 10.8. The highest BCUT2D eigenvalue weighted by molar-refractivity contribution is 5.85. The third kappa shape index (κ3) is 6.66. The zero-order chi connectivity index (χ0) is 20.1. The number of carbonyl (C=O) groups excluding carboxylic acids is 1. The zero-order valence-electron chi connectivity index (χ0n) is 18.1. The van der Waals surface area contributed by atoms with Crippen molar-refractivity contribution in [2.45, 2.75) is 44.3 Å². The maximum atomic E-state index is 12.7. The van der Waals surface area contributed by atoms with Gasteiger partial charge in [0, 0.05) is 45.1 Å². The topological polar surface area (TPSA) is 45.7 Å². The lowest BCUT2D eigenvalue weighted by Gasteiger charge is -2.49. The molecule has 1 atom stereocenters. The summed E-state index contributed by atoms with van der Waals surface area (Å²) in [5.74, 6) is 0.117. The van der Waals surface area contributed by atoms with Crippen molar-refractivity contribution in [2.24, 2.45) is 0 Å². The Morgan fingerprint density at radius 3 is 2.35 bits per heavy atom. The molecule has 0 radical (unpaired) electrons. The summed E-state index contributed by atoms with van der Waals surface area (Å²) in [6, 6.07) is 14.7. The molecule has 2 fully saturated rings. The van der Waals surface area contributed by atoms with Gasteiger partial charge in [0.05, 0.1) is 5.60 Å². The van der Waals surface area contributed by atoms with Crippen molar-refractivity contribution in [3.05, 3.63) is 66.0 Å². The van der Waals surface area contributed by atoms with E-state index in [-0.39, 0.29) is 42.4 Å². The number of aromatic nitrogens is 1. The molecule has 4 rings (SSSR count). The quantitative estimate of drug-likeness (QED) is 0.650. The van der Waals surface area contributed by atoms with E-state index in [4.69, 9.17) is 4.74 Å². The highest BCUT2D eigenvalue weighted by Gasteiger charge is 2.44. The SMILES string of the molecule is CC1OC2(CCN(CCc3ccccc3)CC2)CN(CCc2cccnc2)C1=O.Cl.Cl. The number of pyridine rings is 1. The molecule has 2 aliphatic heterocycles. The minimum absolute atomic E-state index is 0. The second-order valence-corrected chi connectivity index (χ2v) is 8.39. The number of halogens is 2. The van der Waals surface area contributed by atoms with Crippen LogP contribution in [-0.4, -0.2) is 65.1 Å². The summed E-state index contributed by atoms with van der Waals surface area (Å²) in [6.45, 7) is 6.50. The summed E-state index contributed by atoms with van der Waals surface area (Å²) in [6.07, 6.45) is 7.22. The number of amides is 1. The second-order valence-electron chi connectivity index (χ2n) is 8.39. The fraction of sp³-hybridized carbons (Fsp3) is 0.500. The Balaban J connectivity index is 0.00000171. The van der Waals surface area contributed by atoms with E-state index >= 15 is 0 Å². The van der Waals surface area contributed by atoms with E-state index in [1.165, 1.54) is 11.1 Å². The number of nitrogens with zero attached hydrogens (tertiary/aromatic N) is 3. The zero-order valence-corrected chi connectivity index (χ0v) is 19.7. The summed E-state index contributed by atoms with van der Waals surface area (Å²) in [4.78, 5) is 21.4. The number of likely N-dealkylation sites (tertiary alicyclic amines) is 1. The van der Waals surface area contributed by atoms with E-state index in [0.717, 1.165) is 51.9 Å². The van der Waals surface area contributed by atoms with Gasteiger partial charge in [0.2, 0.25) is 0 Å². The standard InChI is InChI=1S/C24H31N3O2.2ClH/c1-20-23(28)27(15-10-22-8-5-13-25-18-22)19-24(29-20)11-16-26(17-12-24)14-9-21-6-3-2-4-7-21;;/h2-8,13,18,20H,9-12,14-17,19H2,1H3;2*1H. The van der Waals surface area contributed by atoms with E-state index in [1.54, 1.807) is 6.20 Å². The van der Waals surface area contributed by atoms with Crippen LogP contribution in [0.1, 0.15) is 30.9 Å². The Morgan fingerprint density at radius 1 is 1.00 bits per heavy atom. The maximum Gasteiger partial charge on any atom is 0.251 e. The lowest BCUT2D eigenvalue weighted by Crippen LogP contribution is -2.61. The molecule has 2 aliphatic rings. The van der Waals surface area contributed by atoms with Gasteiger partial charge in [-0.25, -0.2) is 0 Å².